The number of nitrogens with zero attached hydrogens (tertiary/aromatic N) is 3. The van der Waals surface area contributed by atoms with E-state index in [9.17, 15) is 4.79 Å². The Morgan fingerprint density at radius 3 is 2.48 bits per heavy atom. The van der Waals surface area contributed by atoms with Crippen molar-refractivity contribution in [3.63, 3.8) is 0 Å². The van der Waals surface area contributed by atoms with Gasteiger partial charge in [-0.05, 0) is 30.3 Å². The summed E-state index contributed by atoms with van der Waals surface area (Å²) in [6, 6.07) is 17.9. The molecule has 0 atom stereocenters. The van der Waals surface area contributed by atoms with Crippen molar-refractivity contribution in [3.8, 4) is 5.69 Å². The molecular formula is C17H13ClN4O. The second-order valence-corrected chi connectivity index (χ2v) is 5.09. The lowest BCUT2D eigenvalue weighted by molar-refractivity contribution is 0.259. The molecule has 0 aliphatic carbocycles. The van der Waals surface area contributed by atoms with Crippen molar-refractivity contribution in [1.82, 2.24) is 9.78 Å². The van der Waals surface area contributed by atoms with Crippen LogP contribution in [0.2, 0.25) is 5.02 Å². The average Bonchev–Trinajstić information content (AvgIpc) is 2.58. The first-order chi connectivity index (χ1) is 11.2. The molecule has 0 saturated heterocycles. The topological polar surface area (TPSA) is 59.3 Å². The molecule has 0 fully saturated rings. The summed E-state index contributed by atoms with van der Waals surface area (Å²) < 4.78 is 1.70. The summed E-state index contributed by atoms with van der Waals surface area (Å²) in [5.74, 6) is 0. The highest BCUT2D eigenvalue weighted by atomic mass is 35.5. The third-order valence-corrected chi connectivity index (χ3v) is 3.40. The van der Waals surface area contributed by atoms with Crippen LogP contribution in [0.1, 0.15) is 0 Å². The molecule has 3 rings (SSSR count). The van der Waals surface area contributed by atoms with Gasteiger partial charge in [0.2, 0.25) is 0 Å². The second kappa shape index (κ2) is 6.89. The highest BCUT2D eigenvalue weighted by molar-refractivity contribution is 6.33. The number of rotatable bonds is 2. The third kappa shape index (κ3) is 3.84. The standard InChI is InChI=1S/C17H13ClN4O/c18-15-8-4-5-9-16(15)21-17(23)20-13-10-11-22(19-12-13)14-6-2-1-3-7-14/h1-12H,(H,21,23)/b20-13-. The van der Waals surface area contributed by atoms with Crippen molar-refractivity contribution in [3.05, 3.63) is 83.4 Å². The van der Waals surface area contributed by atoms with Gasteiger partial charge in [0, 0.05) is 6.20 Å². The maximum absolute atomic E-state index is 11.9. The number of carbonyl (C=O) groups excluding carboxylic acids is 1. The summed E-state index contributed by atoms with van der Waals surface area (Å²) in [4.78, 5) is 15.9. The van der Waals surface area contributed by atoms with Gasteiger partial charge in [-0.3, -0.25) is 0 Å². The van der Waals surface area contributed by atoms with Crippen molar-refractivity contribution in [2.75, 3.05) is 5.32 Å². The van der Waals surface area contributed by atoms with Gasteiger partial charge in [-0.1, -0.05) is 41.9 Å². The predicted octanol–water partition coefficient (Wildman–Crippen LogP) is 3.66. The molecule has 5 nitrogen and oxygen atoms in total. The molecule has 0 aliphatic rings. The fourth-order valence-corrected chi connectivity index (χ4v) is 2.16. The van der Waals surface area contributed by atoms with Gasteiger partial charge in [-0.15, -0.1) is 0 Å². The molecule has 3 aromatic rings. The molecule has 2 aromatic carbocycles. The number of aromatic nitrogens is 2. The van der Waals surface area contributed by atoms with Crippen LogP contribution in [0, 0.1) is 0 Å². The third-order valence-electron chi connectivity index (χ3n) is 3.07. The van der Waals surface area contributed by atoms with Crippen LogP contribution in [-0.2, 0) is 0 Å². The van der Waals surface area contributed by atoms with Crippen LogP contribution >= 0.6 is 11.6 Å². The van der Waals surface area contributed by atoms with Crippen molar-refractivity contribution in [2.45, 2.75) is 0 Å². The fourth-order valence-electron chi connectivity index (χ4n) is 1.97. The van der Waals surface area contributed by atoms with Crippen LogP contribution in [0.5, 0.6) is 0 Å². The van der Waals surface area contributed by atoms with Crippen LogP contribution in [0.4, 0.5) is 10.5 Å². The number of amides is 2. The summed E-state index contributed by atoms with van der Waals surface area (Å²) in [6.07, 6.45) is 3.27. The van der Waals surface area contributed by atoms with E-state index in [0.717, 1.165) is 5.69 Å². The molecule has 0 spiro atoms. The number of halogens is 1. The SMILES string of the molecule is O=C(/N=c1/ccn(-c2ccccc2)nc1)Nc1ccccc1Cl. The van der Waals surface area contributed by atoms with Crippen molar-refractivity contribution in [2.24, 2.45) is 4.99 Å². The monoisotopic (exact) mass is 324 g/mol. The lowest BCUT2D eigenvalue weighted by atomic mass is 10.3. The lowest BCUT2D eigenvalue weighted by Gasteiger charge is -2.04. The predicted molar refractivity (Wildman–Crippen MR) is 89.6 cm³/mol. The molecule has 0 bridgehead atoms. The maximum Gasteiger partial charge on any atom is 0.346 e. The summed E-state index contributed by atoms with van der Waals surface area (Å²) in [7, 11) is 0. The number of hydrogen-bond donors (Lipinski definition) is 1. The van der Waals surface area contributed by atoms with Crippen molar-refractivity contribution >= 4 is 23.3 Å². The molecule has 6 heteroatoms. The molecule has 1 N–H and O–H groups in total. The van der Waals surface area contributed by atoms with Gasteiger partial charge in [0.25, 0.3) is 0 Å². The lowest BCUT2D eigenvalue weighted by Crippen LogP contribution is -2.14. The molecular weight excluding hydrogens is 312 g/mol. The van der Waals surface area contributed by atoms with Crippen molar-refractivity contribution in [1.29, 1.82) is 0 Å². The number of para-hydroxylation sites is 2. The zero-order chi connectivity index (χ0) is 16.1. The van der Waals surface area contributed by atoms with Crippen LogP contribution in [0.25, 0.3) is 5.69 Å². The van der Waals surface area contributed by atoms with E-state index in [4.69, 9.17) is 11.6 Å². The normalized spacial score (nSPS) is 11.3. The molecule has 0 unspecified atom stereocenters. The van der Waals surface area contributed by atoms with E-state index < -0.39 is 6.03 Å². The summed E-state index contributed by atoms with van der Waals surface area (Å²) in [5.41, 5.74) is 1.45. The minimum atomic E-state index is -0.502. The highest BCUT2D eigenvalue weighted by Crippen LogP contribution is 2.20. The van der Waals surface area contributed by atoms with E-state index in [0.29, 0.717) is 16.1 Å². The smallest absolute Gasteiger partial charge is 0.305 e. The Labute approximate surface area is 137 Å². The van der Waals surface area contributed by atoms with E-state index in [1.165, 1.54) is 6.20 Å². The molecule has 0 radical (unpaired) electrons. The first kappa shape index (κ1) is 15.0. The fraction of sp³-hybridized carbons (Fsp3) is 0. The Bertz CT molecular complexity index is 870. The summed E-state index contributed by atoms with van der Waals surface area (Å²) >= 11 is 5.99. The number of nitrogens with one attached hydrogen (secondary N) is 1. The van der Waals surface area contributed by atoms with E-state index >= 15 is 0 Å². The zero-order valence-corrected chi connectivity index (χ0v) is 12.8. The van der Waals surface area contributed by atoms with E-state index in [-0.39, 0.29) is 0 Å². The van der Waals surface area contributed by atoms with E-state index in [1.807, 2.05) is 30.3 Å². The Morgan fingerprint density at radius 2 is 1.78 bits per heavy atom. The molecule has 1 aromatic heterocycles. The summed E-state index contributed by atoms with van der Waals surface area (Å²) in [6.45, 7) is 0. The van der Waals surface area contributed by atoms with Crippen LogP contribution in [-0.4, -0.2) is 15.8 Å². The highest BCUT2D eigenvalue weighted by Gasteiger charge is 2.03. The van der Waals surface area contributed by atoms with Gasteiger partial charge in [-0.25, -0.2) is 9.48 Å². The van der Waals surface area contributed by atoms with Gasteiger partial charge >= 0.3 is 6.03 Å². The van der Waals surface area contributed by atoms with Crippen LogP contribution < -0.4 is 10.7 Å². The van der Waals surface area contributed by atoms with Crippen LogP contribution in [0.15, 0.2) is 78.0 Å². The molecule has 2 amide bonds. The molecule has 23 heavy (non-hydrogen) atoms. The minimum absolute atomic E-state index is 0.460. The molecule has 0 aliphatic heterocycles. The van der Waals surface area contributed by atoms with E-state index in [2.05, 4.69) is 15.4 Å². The first-order valence-corrected chi connectivity index (χ1v) is 7.31. The van der Waals surface area contributed by atoms with Gasteiger partial charge < -0.3 is 5.32 Å². The van der Waals surface area contributed by atoms with Crippen molar-refractivity contribution < 1.29 is 4.79 Å². The second-order valence-electron chi connectivity index (χ2n) is 4.69. The first-order valence-electron chi connectivity index (χ1n) is 6.93. The number of carbonyl (C=O) groups is 1. The van der Waals surface area contributed by atoms with Gasteiger partial charge in [0.05, 0.1) is 28.0 Å². The number of urea groups is 1. The molecule has 114 valence electrons. The Morgan fingerprint density at radius 1 is 1.04 bits per heavy atom. The molecule has 0 saturated carbocycles. The average molecular weight is 325 g/mol. The largest absolute Gasteiger partial charge is 0.346 e. The maximum atomic E-state index is 11.9. The quantitative estimate of drug-likeness (QED) is 0.782. The Balaban J connectivity index is 1.78. The van der Waals surface area contributed by atoms with Gasteiger partial charge in [0.15, 0.2) is 0 Å². The number of benzene rings is 2. The Kier molecular flexibility index (Phi) is 4.49. The number of hydrogen-bond acceptors (Lipinski definition) is 2. The molecule has 1 heterocycles. The van der Waals surface area contributed by atoms with Crippen LogP contribution in [0.3, 0.4) is 0 Å². The van der Waals surface area contributed by atoms with E-state index in [1.54, 1.807) is 41.2 Å². The van der Waals surface area contributed by atoms with Gasteiger partial charge in [0.1, 0.15) is 0 Å². The number of anilines is 1. The minimum Gasteiger partial charge on any atom is -0.305 e. The Hall–Kier alpha value is -2.92. The van der Waals surface area contributed by atoms with Gasteiger partial charge in [-0.2, -0.15) is 10.1 Å². The summed E-state index contributed by atoms with van der Waals surface area (Å²) in [5, 5.41) is 7.80. The zero-order valence-electron chi connectivity index (χ0n) is 12.1.